The van der Waals surface area contributed by atoms with Crippen molar-refractivity contribution < 1.29 is 30.5 Å². The Morgan fingerprint density at radius 1 is 1.07 bits per heavy atom. The van der Waals surface area contributed by atoms with Gasteiger partial charge in [0.1, 0.15) is 4.70 Å². The highest BCUT2D eigenvalue weighted by Crippen LogP contribution is 2.47. The van der Waals surface area contributed by atoms with Gasteiger partial charge in [-0.15, -0.1) is 0 Å². The highest BCUT2D eigenvalue weighted by atomic mass is 35.5. The molecule has 41 heavy (non-hydrogen) atoms. The Hall–Kier alpha value is -2.49. The molecule has 15 heteroatoms. The molecule has 0 fully saturated rings. The molecule has 3 heterocycles. The number of hydrogen-bond acceptors (Lipinski definition) is 9. The summed E-state index contributed by atoms with van der Waals surface area (Å²) >= 11 is 14.8. The second-order valence-corrected chi connectivity index (χ2v) is 14.4. The Balaban J connectivity index is 0.000000572. The second-order valence-electron chi connectivity index (χ2n) is 8.60. The van der Waals surface area contributed by atoms with Gasteiger partial charge in [-0.25, -0.2) is 8.42 Å². The molecule has 0 amide bonds. The van der Waals surface area contributed by atoms with E-state index >= 15 is 0 Å². The fourth-order valence-electron chi connectivity index (χ4n) is 3.83. The summed E-state index contributed by atoms with van der Waals surface area (Å²) in [5.41, 5.74) is 1.80. The third-order valence-corrected chi connectivity index (χ3v) is 9.41. The van der Waals surface area contributed by atoms with E-state index in [2.05, 4.69) is 4.98 Å². The van der Waals surface area contributed by atoms with E-state index in [0.29, 0.717) is 37.7 Å². The maximum Gasteiger partial charge on any atom is 0.283 e. The van der Waals surface area contributed by atoms with E-state index in [4.69, 9.17) is 23.2 Å². The van der Waals surface area contributed by atoms with Crippen LogP contribution in [0, 0.1) is 0 Å². The van der Waals surface area contributed by atoms with Crippen LogP contribution < -0.4 is 9.47 Å². The Morgan fingerprint density at radius 2 is 1.76 bits per heavy atom. The molecule has 0 radical (unpaired) electrons. The van der Waals surface area contributed by atoms with E-state index < -0.39 is 32.0 Å². The molecule has 1 aliphatic heterocycles. The minimum atomic E-state index is -4.60. The molecule has 0 saturated carbocycles. The van der Waals surface area contributed by atoms with Crippen LogP contribution in [0.4, 0.5) is 5.69 Å². The molecule has 0 atom stereocenters. The number of benzene rings is 2. The van der Waals surface area contributed by atoms with Crippen LogP contribution in [0.5, 0.6) is 0 Å². The topological polar surface area (TPSA) is 132 Å². The molecule has 0 bridgehead atoms. The minimum absolute atomic E-state index is 0.403. The lowest BCUT2D eigenvalue weighted by atomic mass is 10.2. The average Bonchev–Trinajstić information content (AvgIpc) is 3.39. The summed E-state index contributed by atoms with van der Waals surface area (Å²) in [4.78, 5) is 6.00. The summed E-state index contributed by atoms with van der Waals surface area (Å²) in [6.07, 6.45) is 7.52. The SMILES string of the molecule is CCC(=Cc1sc2ccc(Cl)cc2[n+]1CS(=O)(=O)[O-])C=C1Sc2ccc(Cl)cc2N1CS(=O)(=O)O.c1ccncc1. The molecular weight excluding hydrogens is 649 g/mol. The highest BCUT2D eigenvalue weighted by molar-refractivity contribution is 8.03. The van der Waals surface area contributed by atoms with Crippen molar-refractivity contribution in [1.82, 2.24) is 4.98 Å². The summed E-state index contributed by atoms with van der Waals surface area (Å²) in [7, 11) is -8.95. The molecule has 1 N–H and O–H groups in total. The van der Waals surface area contributed by atoms with Crippen molar-refractivity contribution in [2.45, 2.75) is 24.1 Å². The molecule has 2 aromatic heterocycles. The molecule has 0 aliphatic carbocycles. The number of anilines is 1. The number of thioether (sulfide) groups is 1. The van der Waals surface area contributed by atoms with Crippen LogP contribution in [0.3, 0.4) is 0 Å². The summed E-state index contributed by atoms with van der Waals surface area (Å²) in [5, 5.41) is 1.88. The van der Waals surface area contributed by atoms with Crippen LogP contribution in [-0.2, 0) is 26.1 Å². The first-order valence-electron chi connectivity index (χ1n) is 11.9. The zero-order valence-electron chi connectivity index (χ0n) is 21.3. The quantitative estimate of drug-likeness (QED) is 0.181. The molecule has 0 spiro atoms. The molecule has 5 rings (SSSR count). The number of nitrogens with zero attached hydrogens (tertiary/aromatic N) is 3. The fraction of sp³-hybridized carbons (Fsp3) is 0.154. The van der Waals surface area contributed by atoms with Crippen LogP contribution in [0.1, 0.15) is 18.4 Å². The molecule has 2 aromatic carbocycles. The molecular formula is C26H23Cl2N3O6S4. The van der Waals surface area contributed by atoms with Gasteiger partial charge in [0.05, 0.1) is 10.7 Å². The third kappa shape index (κ3) is 8.75. The van der Waals surface area contributed by atoms with E-state index in [9.17, 15) is 25.9 Å². The lowest BCUT2D eigenvalue weighted by Gasteiger charge is -2.19. The van der Waals surface area contributed by atoms with E-state index in [-0.39, 0.29) is 0 Å². The predicted molar refractivity (Wildman–Crippen MR) is 164 cm³/mol. The van der Waals surface area contributed by atoms with Gasteiger partial charge in [-0.2, -0.15) is 13.0 Å². The van der Waals surface area contributed by atoms with E-state index in [1.54, 1.807) is 60.9 Å². The zero-order valence-corrected chi connectivity index (χ0v) is 26.1. The number of pyridine rings is 1. The van der Waals surface area contributed by atoms with Gasteiger partial charge < -0.3 is 9.45 Å². The number of fused-ring (bicyclic) bond motifs is 2. The first-order chi connectivity index (χ1) is 19.3. The van der Waals surface area contributed by atoms with Crippen molar-refractivity contribution >= 4 is 88.5 Å². The molecule has 216 valence electrons. The summed E-state index contributed by atoms with van der Waals surface area (Å²) in [6.45, 7) is 1.89. The molecule has 4 aromatic rings. The van der Waals surface area contributed by atoms with Crippen molar-refractivity contribution in [3.63, 3.8) is 0 Å². The zero-order chi connectivity index (χ0) is 29.8. The van der Waals surface area contributed by atoms with Crippen molar-refractivity contribution in [1.29, 1.82) is 0 Å². The Morgan fingerprint density at radius 3 is 2.34 bits per heavy atom. The van der Waals surface area contributed by atoms with E-state index in [1.165, 1.54) is 32.6 Å². The monoisotopic (exact) mass is 671 g/mol. The lowest BCUT2D eigenvalue weighted by molar-refractivity contribution is -0.649. The largest absolute Gasteiger partial charge is 0.743 e. The smallest absolute Gasteiger partial charge is 0.283 e. The maximum atomic E-state index is 11.7. The summed E-state index contributed by atoms with van der Waals surface area (Å²) < 4.78 is 69.9. The maximum absolute atomic E-state index is 11.7. The number of aromatic nitrogens is 2. The average molecular weight is 673 g/mol. The number of halogens is 2. The molecule has 0 unspecified atom stereocenters. The number of rotatable bonds is 7. The highest BCUT2D eigenvalue weighted by Gasteiger charge is 2.29. The minimum Gasteiger partial charge on any atom is -0.743 e. The molecule has 0 saturated heterocycles. The van der Waals surface area contributed by atoms with Crippen LogP contribution in [0.25, 0.3) is 16.3 Å². The Kier molecular flexibility index (Phi) is 10.1. The van der Waals surface area contributed by atoms with Crippen LogP contribution in [0.2, 0.25) is 10.0 Å². The third-order valence-electron chi connectivity index (χ3n) is 5.56. The van der Waals surface area contributed by atoms with Crippen LogP contribution in [0.15, 0.2) is 88.6 Å². The van der Waals surface area contributed by atoms with Gasteiger partial charge in [0, 0.05) is 39.5 Å². The van der Waals surface area contributed by atoms with Gasteiger partial charge in [-0.05, 0) is 60.5 Å². The Labute approximate surface area is 256 Å². The van der Waals surface area contributed by atoms with Crippen molar-refractivity contribution in [3.8, 4) is 0 Å². The summed E-state index contributed by atoms with van der Waals surface area (Å²) in [5.74, 6) is -1.42. The predicted octanol–water partition coefficient (Wildman–Crippen LogP) is 6.17. The lowest BCUT2D eigenvalue weighted by Crippen LogP contribution is -2.39. The first-order valence-corrected chi connectivity index (χ1v) is 17.4. The first kappa shape index (κ1) is 31.4. The molecule has 1 aliphatic rings. The van der Waals surface area contributed by atoms with Gasteiger partial charge in [-0.3, -0.25) is 9.54 Å². The second kappa shape index (κ2) is 13.2. The van der Waals surface area contributed by atoms with Gasteiger partial charge >= 0.3 is 0 Å². The summed E-state index contributed by atoms with van der Waals surface area (Å²) in [6, 6.07) is 15.8. The number of hydrogen-bond donors (Lipinski definition) is 1. The number of thiazole rings is 1. The van der Waals surface area contributed by atoms with Gasteiger partial charge in [-0.1, -0.05) is 59.3 Å². The Bertz CT molecular complexity index is 1820. The fourth-order valence-corrected chi connectivity index (χ4v) is 7.76. The van der Waals surface area contributed by atoms with E-state index in [0.717, 1.165) is 15.2 Å². The standard InChI is InChI=1S/C21H18Cl2N2O6S4.C5H5N/c1-2-13(7-20-24(11-34(26,27)28)16-9-14(22)3-5-18(16)32-20)8-21-25(12-35(29,30)31)17-10-15(23)4-6-19(17)33-21;1-2-4-6-5-3-1/h3-10H,2,11-12H2,1H3,(H-,26,27,28,29,30,31);1-5H. The van der Waals surface area contributed by atoms with Crippen molar-refractivity contribution in [2.75, 3.05) is 10.8 Å². The van der Waals surface area contributed by atoms with Gasteiger partial charge in [0.25, 0.3) is 15.1 Å². The normalized spacial score (nSPS) is 14.7. The van der Waals surface area contributed by atoms with Crippen LogP contribution in [-0.4, -0.2) is 36.8 Å². The van der Waals surface area contributed by atoms with Crippen LogP contribution >= 0.6 is 46.3 Å². The van der Waals surface area contributed by atoms with E-state index in [1.807, 2.05) is 25.1 Å². The van der Waals surface area contributed by atoms with Crippen molar-refractivity contribution in [2.24, 2.45) is 0 Å². The number of allylic oxidation sites excluding steroid dienone is 2. The van der Waals surface area contributed by atoms with Gasteiger partial charge in [0.2, 0.25) is 11.4 Å². The van der Waals surface area contributed by atoms with Gasteiger partial charge in [0.15, 0.2) is 16.0 Å². The molecule has 9 nitrogen and oxygen atoms in total. The van der Waals surface area contributed by atoms with Crippen molar-refractivity contribution in [3.05, 3.63) is 98.7 Å².